The van der Waals surface area contributed by atoms with Gasteiger partial charge in [-0.1, -0.05) is 6.07 Å². The number of ether oxygens (including phenoxy) is 1. The molecule has 2 rings (SSSR count). The summed E-state index contributed by atoms with van der Waals surface area (Å²) in [4.78, 5) is 26.1. The first kappa shape index (κ1) is 15.0. The third-order valence-corrected chi connectivity index (χ3v) is 4.25. The Labute approximate surface area is 127 Å². The molecule has 1 atom stereocenters. The zero-order valence-electron chi connectivity index (χ0n) is 11.7. The topological polar surface area (TPSA) is 46.6 Å². The molecule has 1 heterocycles. The first-order valence-electron chi connectivity index (χ1n) is 6.69. The van der Waals surface area contributed by atoms with E-state index in [2.05, 4.69) is 15.9 Å². The van der Waals surface area contributed by atoms with E-state index in [4.69, 9.17) is 4.74 Å². The van der Waals surface area contributed by atoms with Crippen molar-refractivity contribution in [2.24, 2.45) is 0 Å². The fraction of sp³-hybridized carbons (Fsp3) is 0.467. The summed E-state index contributed by atoms with van der Waals surface area (Å²) >= 11 is 3.42. The predicted molar refractivity (Wildman–Crippen MR) is 79.6 cm³/mol. The maximum absolute atomic E-state index is 12.7. The Balaban J connectivity index is 2.27. The van der Waals surface area contributed by atoms with Crippen LogP contribution in [0.3, 0.4) is 0 Å². The molecule has 0 radical (unpaired) electrons. The minimum Gasteiger partial charge on any atom is -0.467 e. The zero-order valence-corrected chi connectivity index (χ0v) is 13.3. The normalized spacial score (nSPS) is 18.8. The lowest BCUT2D eigenvalue weighted by molar-refractivity contribution is -0.147. The molecule has 1 saturated heterocycles. The quantitative estimate of drug-likeness (QED) is 0.778. The summed E-state index contributed by atoms with van der Waals surface area (Å²) in [6, 6.07) is 5.14. The number of aryl methyl sites for hydroxylation is 1. The van der Waals surface area contributed by atoms with Crippen molar-refractivity contribution in [3.05, 3.63) is 33.8 Å². The Morgan fingerprint density at radius 3 is 2.75 bits per heavy atom. The van der Waals surface area contributed by atoms with E-state index in [1.807, 2.05) is 19.1 Å². The van der Waals surface area contributed by atoms with Crippen LogP contribution in [0.25, 0.3) is 0 Å². The van der Waals surface area contributed by atoms with Crippen molar-refractivity contribution in [1.82, 2.24) is 4.90 Å². The highest BCUT2D eigenvalue weighted by Gasteiger charge is 2.33. The maximum atomic E-state index is 12.7. The number of carbonyl (C=O) groups excluding carboxylic acids is 2. The van der Waals surface area contributed by atoms with E-state index < -0.39 is 6.04 Å². The van der Waals surface area contributed by atoms with E-state index in [-0.39, 0.29) is 11.9 Å². The van der Waals surface area contributed by atoms with Gasteiger partial charge in [0.2, 0.25) is 0 Å². The molecule has 108 valence electrons. The first-order chi connectivity index (χ1) is 9.54. The second-order valence-electron chi connectivity index (χ2n) is 5.02. The number of benzene rings is 1. The molecule has 5 heteroatoms. The lowest BCUT2D eigenvalue weighted by Crippen LogP contribution is -2.48. The van der Waals surface area contributed by atoms with Gasteiger partial charge in [-0.15, -0.1) is 0 Å². The van der Waals surface area contributed by atoms with Gasteiger partial charge in [0, 0.05) is 11.0 Å². The zero-order chi connectivity index (χ0) is 14.7. The molecular weight excluding hydrogens is 322 g/mol. The van der Waals surface area contributed by atoms with Crippen molar-refractivity contribution in [2.45, 2.75) is 32.2 Å². The van der Waals surface area contributed by atoms with Crippen LogP contribution in [0.4, 0.5) is 0 Å². The van der Waals surface area contributed by atoms with Gasteiger partial charge in [-0.25, -0.2) is 4.79 Å². The highest BCUT2D eigenvalue weighted by atomic mass is 79.9. The predicted octanol–water partition coefficient (Wildman–Crippen LogP) is 2.93. The van der Waals surface area contributed by atoms with Crippen LogP contribution in [0, 0.1) is 6.92 Å². The largest absolute Gasteiger partial charge is 0.467 e. The van der Waals surface area contributed by atoms with E-state index in [1.54, 1.807) is 11.0 Å². The highest BCUT2D eigenvalue weighted by Crippen LogP contribution is 2.25. The molecule has 0 saturated carbocycles. The molecule has 1 aromatic rings. The molecule has 0 aliphatic carbocycles. The Bertz CT molecular complexity index is 530. The third kappa shape index (κ3) is 3.03. The van der Waals surface area contributed by atoms with Gasteiger partial charge in [0.1, 0.15) is 6.04 Å². The molecule has 1 fully saturated rings. The van der Waals surface area contributed by atoms with Crippen molar-refractivity contribution < 1.29 is 14.3 Å². The van der Waals surface area contributed by atoms with Gasteiger partial charge in [-0.2, -0.15) is 0 Å². The highest BCUT2D eigenvalue weighted by molar-refractivity contribution is 9.10. The van der Waals surface area contributed by atoms with Crippen molar-refractivity contribution in [2.75, 3.05) is 13.7 Å². The summed E-state index contributed by atoms with van der Waals surface area (Å²) in [5.41, 5.74) is 1.67. The van der Waals surface area contributed by atoms with E-state index in [0.717, 1.165) is 22.9 Å². The second-order valence-corrected chi connectivity index (χ2v) is 5.87. The average Bonchev–Trinajstić information content (AvgIpc) is 2.46. The van der Waals surface area contributed by atoms with Crippen LogP contribution in [-0.4, -0.2) is 36.5 Å². The summed E-state index contributed by atoms with van der Waals surface area (Å²) in [7, 11) is 1.36. The molecule has 1 unspecified atom stereocenters. The fourth-order valence-electron chi connectivity index (χ4n) is 2.50. The molecule has 1 amide bonds. The molecule has 20 heavy (non-hydrogen) atoms. The van der Waals surface area contributed by atoms with Gasteiger partial charge in [0.15, 0.2) is 0 Å². The Kier molecular flexibility index (Phi) is 4.81. The molecule has 1 aliphatic rings. The SMILES string of the molecule is COC(=O)C1CCCCN1C(=O)c1ccc(C)cc1Br. The summed E-state index contributed by atoms with van der Waals surface area (Å²) < 4.78 is 5.57. The van der Waals surface area contributed by atoms with Crippen molar-refractivity contribution >= 4 is 27.8 Å². The Hall–Kier alpha value is -1.36. The van der Waals surface area contributed by atoms with E-state index in [1.165, 1.54) is 7.11 Å². The summed E-state index contributed by atoms with van der Waals surface area (Å²) in [5, 5.41) is 0. The van der Waals surface area contributed by atoms with Crippen molar-refractivity contribution in [1.29, 1.82) is 0 Å². The first-order valence-corrected chi connectivity index (χ1v) is 7.49. The average molecular weight is 340 g/mol. The molecule has 0 aromatic heterocycles. The molecule has 0 spiro atoms. The van der Waals surface area contributed by atoms with Crippen molar-refractivity contribution in [3.63, 3.8) is 0 Å². The molecule has 0 bridgehead atoms. The third-order valence-electron chi connectivity index (χ3n) is 3.59. The molecular formula is C15H18BrNO3. The van der Waals surface area contributed by atoms with Gasteiger partial charge in [-0.3, -0.25) is 4.79 Å². The van der Waals surface area contributed by atoms with E-state index in [0.29, 0.717) is 18.5 Å². The monoisotopic (exact) mass is 339 g/mol. The van der Waals surface area contributed by atoms with Crippen LogP contribution in [0.5, 0.6) is 0 Å². The standard InChI is InChI=1S/C15H18BrNO3/c1-10-6-7-11(12(16)9-10)14(18)17-8-4-3-5-13(17)15(19)20-2/h6-7,9,13H,3-5,8H2,1-2H3. The van der Waals surface area contributed by atoms with E-state index >= 15 is 0 Å². The fourth-order valence-corrected chi connectivity index (χ4v) is 3.17. The minimum atomic E-state index is -0.463. The van der Waals surface area contributed by atoms with Gasteiger partial charge in [0.05, 0.1) is 12.7 Å². The van der Waals surface area contributed by atoms with Gasteiger partial charge in [0.25, 0.3) is 5.91 Å². The number of likely N-dealkylation sites (tertiary alicyclic amines) is 1. The van der Waals surface area contributed by atoms with Gasteiger partial charge in [-0.05, 0) is 59.8 Å². The number of carbonyl (C=O) groups is 2. The van der Waals surface area contributed by atoms with Gasteiger partial charge >= 0.3 is 5.97 Å². The molecule has 1 aromatic carbocycles. The van der Waals surface area contributed by atoms with Crippen LogP contribution in [0.1, 0.15) is 35.2 Å². The maximum Gasteiger partial charge on any atom is 0.328 e. The van der Waals surface area contributed by atoms with Crippen molar-refractivity contribution in [3.8, 4) is 0 Å². The molecule has 4 nitrogen and oxygen atoms in total. The lowest BCUT2D eigenvalue weighted by Gasteiger charge is -2.34. The number of halogens is 1. The Morgan fingerprint density at radius 1 is 1.35 bits per heavy atom. The Morgan fingerprint density at radius 2 is 2.10 bits per heavy atom. The number of rotatable bonds is 2. The number of hydrogen-bond donors (Lipinski definition) is 0. The lowest BCUT2D eigenvalue weighted by atomic mass is 10.0. The second kappa shape index (κ2) is 6.39. The number of methoxy groups -OCH3 is 1. The van der Waals surface area contributed by atoms with Gasteiger partial charge < -0.3 is 9.64 Å². The number of hydrogen-bond acceptors (Lipinski definition) is 3. The van der Waals surface area contributed by atoms with Crippen LogP contribution in [-0.2, 0) is 9.53 Å². The van der Waals surface area contributed by atoms with Crippen LogP contribution < -0.4 is 0 Å². The smallest absolute Gasteiger partial charge is 0.328 e. The number of piperidine rings is 1. The van der Waals surface area contributed by atoms with Crippen LogP contribution in [0.2, 0.25) is 0 Å². The summed E-state index contributed by atoms with van der Waals surface area (Å²) in [6.45, 7) is 2.57. The molecule has 0 N–H and O–H groups in total. The summed E-state index contributed by atoms with van der Waals surface area (Å²) in [6.07, 6.45) is 2.53. The number of amides is 1. The van der Waals surface area contributed by atoms with Crippen LogP contribution in [0.15, 0.2) is 22.7 Å². The molecule has 1 aliphatic heterocycles. The number of esters is 1. The number of nitrogens with zero attached hydrogens (tertiary/aromatic N) is 1. The minimum absolute atomic E-state index is 0.119. The summed E-state index contributed by atoms with van der Waals surface area (Å²) in [5.74, 6) is -0.451. The van der Waals surface area contributed by atoms with E-state index in [9.17, 15) is 9.59 Å². The van der Waals surface area contributed by atoms with Crippen LogP contribution >= 0.6 is 15.9 Å².